The summed E-state index contributed by atoms with van der Waals surface area (Å²) in [6.45, 7) is 5.89. The average molecular weight is 320 g/mol. The molecule has 0 amide bonds. The highest BCUT2D eigenvalue weighted by atomic mass is 32.4. The Bertz CT molecular complexity index is 667. The van der Waals surface area contributed by atoms with Crippen LogP contribution >= 0.6 is 0 Å². The molecule has 2 aromatic rings. The van der Waals surface area contributed by atoms with Gasteiger partial charge in [-0.05, 0) is 15.4 Å². The summed E-state index contributed by atoms with van der Waals surface area (Å²) in [5.41, 5.74) is 0. The molecule has 0 bridgehead atoms. The molecule has 0 atom stereocenters. The van der Waals surface area contributed by atoms with Gasteiger partial charge in [0.05, 0.1) is 0 Å². The highest BCUT2D eigenvalue weighted by molar-refractivity contribution is 8.23. The van der Waals surface area contributed by atoms with Crippen molar-refractivity contribution in [3.63, 3.8) is 0 Å². The van der Waals surface area contributed by atoms with Gasteiger partial charge in [-0.2, -0.15) is 0 Å². The molecule has 0 saturated carbocycles. The van der Waals surface area contributed by atoms with E-state index in [0.29, 0.717) is 0 Å². The molecule has 0 unspecified atom stereocenters. The molecule has 0 spiro atoms. The number of hydrogen-bond acceptors (Lipinski definition) is 2. The molecule has 2 N–H and O–H groups in total. The zero-order chi connectivity index (χ0) is 15.7. The largest absolute Gasteiger partial charge is 0.280 e. The van der Waals surface area contributed by atoms with Crippen LogP contribution < -0.4 is 15.5 Å². The average Bonchev–Trinajstić information content (AvgIpc) is 2.38. The van der Waals surface area contributed by atoms with E-state index in [1.54, 1.807) is 0 Å². The van der Waals surface area contributed by atoms with E-state index in [1.807, 2.05) is 81.4 Å². The molecular formula is C16H21NO2SSi. The lowest BCUT2D eigenvalue weighted by atomic mass is 10.2. The van der Waals surface area contributed by atoms with E-state index < -0.39 is 21.7 Å². The molecule has 0 aliphatic rings. The minimum Gasteiger partial charge on any atom is -0.234 e. The molecule has 0 aromatic heterocycles. The predicted octanol–water partition coefficient (Wildman–Crippen LogP) is 1.83. The maximum absolute atomic E-state index is 12.7. The van der Waals surface area contributed by atoms with Crippen LogP contribution in [-0.4, -0.2) is 15.6 Å². The molecule has 21 heavy (non-hydrogen) atoms. The first-order valence-corrected chi connectivity index (χ1v) is 11.1. The number of benzene rings is 2. The van der Waals surface area contributed by atoms with Crippen molar-refractivity contribution in [3.8, 4) is 0 Å². The maximum Gasteiger partial charge on any atom is 0.280 e. The van der Waals surface area contributed by atoms with Crippen LogP contribution in [0.1, 0.15) is 20.8 Å². The van der Waals surface area contributed by atoms with Gasteiger partial charge < -0.3 is 0 Å². The van der Waals surface area contributed by atoms with Crippen molar-refractivity contribution in [1.82, 2.24) is 0 Å². The minimum absolute atomic E-state index is 0.469. The van der Waals surface area contributed by atoms with E-state index >= 15 is 0 Å². The first kappa shape index (κ1) is 15.9. The molecule has 0 aliphatic carbocycles. The number of rotatable bonds is 3. The summed E-state index contributed by atoms with van der Waals surface area (Å²) in [5.74, 6) is 0. The molecule has 0 heterocycles. The molecule has 5 heteroatoms. The maximum atomic E-state index is 12.7. The van der Waals surface area contributed by atoms with Crippen LogP contribution in [0.4, 0.5) is 0 Å². The van der Waals surface area contributed by atoms with Gasteiger partial charge >= 0.3 is 0 Å². The van der Waals surface area contributed by atoms with Crippen molar-refractivity contribution in [2.24, 2.45) is 5.14 Å². The van der Waals surface area contributed by atoms with Crippen molar-refractivity contribution in [3.05, 3.63) is 60.7 Å². The highest BCUT2D eigenvalue weighted by Gasteiger charge is 2.57. The first-order valence-electron chi connectivity index (χ1n) is 6.84. The van der Waals surface area contributed by atoms with Gasteiger partial charge in [0, 0.05) is 0 Å². The normalized spacial score (nSPS) is 13.1. The van der Waals surface area contributed by atoms with Gasteiger partial charge in [0.15, 0.2) is 9.47 Å². The van der Waals surface area contributed by atoms with E-state index in [-0.39, 0.29) is 0 Å². The van der Waals surface area contributed by atoms with Crippen LogP contribution in [0.3, 0.4) is 0 Å². The van der Waals surface area contributed by atoms with Gasteiger partial charge in [-0.25, -0.2) is 13.6 Å². The van der Waals surface area contributed by atoms with E-state index in [0.717, 1.165) is 10.4 Å². The zero-order valence-corrected chi connectivity index (χ0v) is 14.4. The van der Waals surface area contributed by atoms with Crippen molar-refractivity contribution >= 4 is 27.1 Å². The second-order valence-electron chi connectivity index (χ2n) is 6.21. The van der Waals surface area contributed by atoms with Crippen molar-refractivity contribution in [2.45, 2.75) is 25.8 Å². The summed E-state index contributed by atoms with van der Waals surface area (Å²) in [6.07, 6.45) is 0. The van der Waals surface area contributed by atoms with Crippen LogP contribution in [0.2, 0.25) is 5.04 Å². The third-order valence-electron chi connectivity index (χ3n) is 3.84. The monoisotopic (exact) mass is 319 g/mol. The fourth-order valence-corrected chi connectivity index (χ4v) is 13.4. The SMILES string of the molecule is CC(C)(C)[Si](c1ccccc1)(c1ccccc1)S(N)(=O)=O. The topological polar surface area (TPSA) is 60.2 Å². The van der Waals surface area contributed by atoms with Gasteiger partial charge in [-0.15, -0.1) is 0 Å². The second-order valence-corrected chi connectivity index (χ2v) is 14.9. The van der Waals surface area contributed by atoms with Gasteiger partial charge in [0.1, 0.15) is 0 Å². The number of nitrogens with two attached hydrogens (primary N) is 1. The van der Waals surface area contributed by atoms with Gasteiger partial charge in [0.25, 0.3) is 7.22 Å². The predicted molar refractivity (Wildman–Crippen MR) is 90.7 cm³/mol. The first-order chi connectivity index (χ1) is 9.71. The van der Waals surface area contributed by atoms with Crippen LogP contribution in [0, 0.1) is 0 Å². The molecule has 2 aromatic carbocycles. The second kappa shape index (κ2) is 5.40. The lowest BCUT2D eigenvalue weighted by Crippen LogP contribution is -2.71. The van der Waals surface area contributed by atoms with Crippen LogP contribution in [0.5, 0.6) is 0 Å². The Morgan fingerprint density at radius 3 is 1.38 bits per heavy atom. The minimum atomic E-state index is -3.75. The quantitative estimate of drug-likeness (QED) is 0.878. The Kier molecular flexibility index (Phi) is 4.10. The summed E-state index contributed by atoms with van der Waals surface area (Å²) >= 11 is 0. The summed E-state index contributed by atoms with van der Waals surface area (Å²) in [7, 11) is -6.95. The fourth-order valence-electron chi connectivity index (χ4n) is 3.13. The van der Waals surface area contributed by atoms with Crippen LogP contribution in [-0.2, 0) is 9.47 Å². The van der Waals surface area contributed by atoms with Gasteiger partial charge in [0.2, 0.25) is 0 Å². The van der Waals surface area contributed by atoms with E-state index in [9.17, 15) is 8.42 Å². The van der Waals surface area contributed by atoms with Gasteiger partial charge in [-0.1, -0.05) is 81.4 Å². The van der Waals surface area contributed by atoms with E-state index in [2.05, 4.69) is 0 Å². The van der Waals surface area contributed by atoms with Crippen molar-refractivity contribution in [1.29, 1.82) is 0 Å². The smallest absolute Gasteiger partial charge is 0.234 e. The molecule has 112 valence electrons. The van der Waals surface area contributed by atoms with Crippen molar-refractivity contribution in [2.75, 3.05) is 0 Å². The highest BCUT2D eigenvalue weighted by Crippen LogP contribution is 2.38. The third-order valence-corrected chi connectivity index (χ3v) is 14.9. The summed E-state index contributed by atoms with van der Waals surface area (Å²) in [4.78, 5) is 0. The fraction of sp³-hybridized carbons (Fsp3) is 0.250. The Morgan fingerprint density at radius 2 is 1.14 bits per heavy atom. The molecule has 0 aliphatic heterocycles. The summed E-state index contributed by atoms with van der Waals surface area (Å²) in [6, 6.07) is 18.8. The van der Waals surface area contributed by atoms with E-state index in [1.165, 1.54) is 0 Å². The Labute approximate surface area is 127 Å². The lowest BCUT2D eigenvalue weighted by molar-refractivity contribution is 0.605. The molecule has 3 nitrogen and oxygen atoms in total. The third kappa shape index (κ3) is 2.57. The van der Waals surface area contributed by atoms with Gasteiger partial charge in [-0.3, -0.25) is 0 Å². The van der Waals surface area contributed by atoms with Crippen molar-refractivity contribution < 1.29 is 8.42 Å². The number of hydrogen-bond donors (Lipinski definition) is 1. The summed E-state index contributed by atoms with van der Waals surface area (Å²) in [5, 5.41) is 6.98. The zero-order valence-electron chi connectivity index (χ0n) is 12.6. The molecule has 2 rings (SSSR count). The van der Waals surface area contributed by atoms with E-state index in [4.69, 9.17) is 5.14 Å². The Morgan fingerprint density at radius 1 is 0.810 bits per heavy atom. The summed E-state index contributed by atoms with van der Waals surface area (Å²) < 4.78 is 25.5. The van der Waals surface area contributed by atoms with Crippen LogP contribution in [0.15, 0.2) is 60.7 Å². The van der Waals surface area contributed by atoms with Crippen LogP contribution in [0.25, 0.3) is 0 Å². The Hall–Kier alpha value is -1.43. The standard InChI is InChI=1S/C16H21NO2SSi/c1-16(2,3)21(20(17,18)19,14-10-6-4-7-11-14)15-12-8-5-9-13-15/h4-13H,1-3H3,(H2,17,18,19). The molecule has 0 radical (unpaired) electrons. The molecular weight excluding hydrogens is 298 g/mol. The molecule has 0 saturated heterocycles. The molecule has 0 fully saturated rings. The lowest BCUT2D eigenvalue weighted by Gasteiger charge is -2.40. The Balaban J connectivity index is 2.94.